The lowest BCUT2D eigenvalue weighted by Crippen LogP contribution is -2.30. The molecule has 0 aromatic carbocycles. The summed E-state index contributed by atoms with van der Waals surface area (Å²) in [6.45, 7) is 6.42. The van der Waals surface area contributed by atoms with E-state index in [1.807, 2.05) is 0 Å². The summed E-state index contributed by atoms with van der Waals surface area (Å²) < 4.78 is 16.9. The zero-order valence-electron chi connectivity index (χ0n) is 51.0. The highest BCUT2D eigenvalue weighted by molar-refractivity contribution is 5.71. The summed E-state index contributed by atoms with van der Waals surface area (Å²) >= 11 is 0. The summed E-state index contributed by atoms with van der Waals surface area (Å²) in [4.78, 5) is 38.3. The molecular formula is C71H124O6. The summed E-state index contributed by atoms with van der Waals surface area (Å²) in [5.41, 5.74) is 0. The van der Waals surface area contributed by atoms with Crippen LogP contribution in [0.4, 0.5) is 0 Å². The highest BCUT2D eigenvalue weighted by atomic mass is 16.6. The molecule has 0 rings (SSSR count). The first-order valence-corrected chi connectivity index (χ1v) is 33.1. The second-order valence-corrected chi connectivity index (χ2v) is 22.0. The van der Waals surface area contributed by atoms with Gasteiger partial charge in [0.05, 0.1) is 0 Å². The van der Waals surface area contributed by atoms with Gasteiger partial charge < -0.3 is 14.2 Å². The molecule has 0 amide bonds. The van der Waals surface area contributed by atoms with Crippen molar-refractivity contribution in [2.45, 2.75) is 335 Å². The quantitative estimate of drug-likeness (QED) is 0.0261. The van der Waals surface area contributed by atoms with Crippen LogP contribution in [0.3, 0.4) is 0 Å². The number of ether oxygens (including phenoxy) is 3. The first-order valence-electron chi connectivity index (χ1n) is 33.1. The summed E-state index contributed by atoms with van der Waals surface area (Å²) in [5, 5.41) is 0. The Bertz CT molecular complexity index is 1470. The topological polar surface area (TPSA) is 78.9 Å². The predicted molar refractivity (Wildman–Crippen MR) is 334 cm³/mol. The van der Waals surface area contributed by atoms with Crippen molar-refractivity contribution in [2.75, 3.05) is 13.2 Å². The van der Waals surface area contributed by atoms with Gasteiger partial charge in [0.15, 0.2) is 6.10 Å². The van der Waals surface area contributed by atoms with Crippen LogP contribution in [0.25, 0.3) is 0 Å². The van der Waals surface area contributed by atoms with Gasteiger partial charge in [-0.2, -0.15) is 0 Å². The molecule has 0 N–H and O–H groups in total. The van der Waals surface area contributed by atoms with E-state index < -0.39 is 6.10 Å². The Morgan fingerprint density at radius 1 is 0.273 bits per heavy atom. The number of hydrogen-bond acceptors (Lipinski definition) is 6. The van der Waals surface area contributed by atoms with Crippen molar-refractivity contribution in [3.8, 4) is 0 Å². The van der Waals surface area contributed by atoms with Gasteiger partial charge in [-0.15, -0.1) is 0 Å². The zero-order chi connectivity index (χ0) is 55.7. The number of carbonyl (C=O) groups is 3. The number of allylic oxidation sites excluding steroid dienone is 14. The highest BCUT2D eigenvalue weighted by Crippen LogP contribution is 2.18. The molecular weight excluding hydrogens is 949 g/mol. The van der Waals surface area contributed by atoms with Crippen LogP contribution in [-0.4, -0.2) is 37.2 Å². The lowest BCUT2D eigenvalue weighted by atomic mass is 10.0. The molecule has 444 valence electrons. The number of esters is 3. The molecule has 6 nitrogen and oxygen atoms in total. The molecule has 0 aliphatic heterocycles. The minimum absolute atomic E-state index is 0.0868. The lowest BCUT2D eigenvalue weighted by molar-refractivity contribution is -0.167. The molecule has 0 spiro atoms. The van der Waals surface area contributed by atoms with E-state index in [1.165, 1.54) is 173 Å². The van der Waals surface area contributed by atoms with E-state index in [0.717, 1.165) is 116 Å². The van der Waals surface area contributed by atoms with Crippen molar-refractivity contribution < 1.29 is 28.6 Å². The van der Waals surface area contributed by atoms with Gasteiger partial charge in [-0.25, -0.2) is 0 Å². The second kappa shape index (κ2) is 65.1. The van der Waals surface area contributed by atoms with Crippen molar-refractivity contribution in [3.63, 3.8) is 0 Å². The van der Waals surface area contributed by atoms with E-state index in [4.69, 9.17) is 14.2 Å². The average Bonchev–Trinajstić information content (AvgIpc) is 3.43. The van der Waals surface area contributed by atoms with Gasteiger partial charge in [0, 0.05) is 19.3 Å². The van der Waals surface area contributed by atoms with Crippen molar-refractivity contribution in [2.24, 2.45) is 0 Å². The van der Waals surface area contributed by atoms with Crippen LogP contribution in [0.2, 0.25) is 0 Å². The van der Waals surface area contributed by atoms with Crippen molar-refractivity contribution in [3.05, 3.63) is 85.1 Å². The Morgan fingerprint density at radius 2 is 0.506 bits per heavy atom. The molecule has 0 aliphatic carbocycles. The smallest absolute Gasteiger partial charge is 0.306 e. The molecule has 0 heterocycles. The maximum absolute atomic E-state index is 12.9. The number of unbranched alkanes of at least 4 members (excludes halogenated alkanes) is 35. The molecule has 1 unspecified atom stereocenters. The van der Waals surface area contributed by atoms with Gasteiger partial charge in [-0.05, 0) is 89.9 Å². The maximum atomic E-state index is 12.9. The summed E-state index contributed by atoms with van der Waals surface area (Å²) in [7, 11) is 0. The molecule has 0 radical (unpaired) electrons. The Kier molecular flexibility index (Phi) is 62.2. The fourth-order valence-corrected chi connectivity index (χ4v) is 9.51. The third kappa shape index (κ3) is 63.3. The van der Waals surface area contributed by atoms with E-state index in [9.17, 15) is 14.4 Å². The Labute approximate surface area is 477 Å². The summed E-state index contributed by atoms with van der Waals surface area (Å²) in [5.74, 6) is -0.911. The van der Waals surface area contributed by atoms with Gasteiger partial charge >= 0.3 is 17.9 Å². The molecule has 0 bridgehead atoms. The van der Waals surface area contributed by atoms with E-state index in [1.54, 1.807) is 0 Å². The van der Waals surface area contributed by atoms with Crippen LogP contribution in [0.15, 0.2) is 85.1 Å². The Hall–Kier alpha value is -3.41. The number of rotatable bonds is 60. The maximum Gasteiger partial charge on any atom is 0.306 e. The molecule has 0 saturated carbocycles. The molecule has 77 heavy (non-hydrogen) atoms. The lowest BCUT2D eigenvalue weighted by Gasteiger charge is -2.18. The van der Waals surface area contributed by atoms with Gasteiger partial charge in [-0.3, -0.25) is 14.4 Å². The van der Waals surface area contributed by atoms with E-state index in [0.29, 0.717) is 19.3 Å². The highest BCUT2D eigenvalue weighted by Gasteiger charge is 2.19. The molecule has 0 fully saturated rings. The monoisotopic (exact) mass is 1070 g/mol. The normalized spacial score (nSPS) is 12.6. The van der Waals surface area contributed by atoms with Crippen LogP contribution in [0.1, 0.15) is 329 Å². The molecule has 0 aromatic rings. The first-order chi connectivity index (χ1) is 38.0. The van der Waals surface area contributed by atoms with Crippen molar-refractivity contribution >= 4 is 17.9 Å². The minimum Gasteiger partial charge on any atom is -0.462 e. The first kappa shape index (κ1) is 73.6. The third-order valence-electron chi connectivity index (χ3n) is 14.4. The summed E-state index contributed by atoms with van der Waals surface area (Å²) in [6, 6.07) is 0. The van der Waals surface area contributed by atoms with Crippen LogP contribution in [-0.2, 0) is 28.6 Å². The van der Waals surface area contributed by atoms with Gasteiger partial charge in [0.25, 0.3) is 0 Å². The van der Waals surface area contributed by atoms with Crippen LogP contribution < -0.4 is 0 Å². The predicted octanol–water partition coefficient (Wildman–Crippen LogP) is 22.7. The third-order valence-corrected chi connectivity index (χ3v) is 14.4. The Morgan fingerprint density at radius 3 is 0.805 bits per heavy atom. The average molecular weight is 1070 g/mol. The fourth-order valence-electron chi connectivity index (χ4n) is 9.51. The van der Waals surface area contributed by atoms with Crippen LogP contribution in [0.5, 0.6) is 0 Å². The van der Waals surface area contributed by atoms with Gasteiger partial charge in [0.2, 0.25) is 0 Å². The van der Waals surface area contributed by atoms with Crippen LogP contribution >= 0.6 is 0 Å². The molecule has 6 heteroatoms. The van der Waals surface area contributed by atoms with E-state index in [2.05, 4.69) is 106 Å². The molecule has 0 saturated heterocycles. The van der Waals surface area contributed by atoms with E-state index in [-0.39, 0.29) is 31.1 Å². The van der Waals surface area contributed by atoms with Crippen molar-refractivity contribution in [1.29, 1.82) is 0 Å². The Balaban J connectivity index is 4.29. The van der Waals surface area contributed by atoms with Crippen molar-refractivity contribution in [1.82, 2.24) is 0 Å². The summed E-state index contributed by atoms with van der Waals surface area (Å²) in [6.07, 6.45) is 86.1. The SMILES string of the molecule is CC/C=C\C/C=C\C/C=C\C/C=C\CCCCCCCCCCC(=O)OC(COC(=O)CCCCC/C=C\C/C=C\C/C=C\CC)COC(=O)CCCCCCCCCCCCCCCCCCCCCCCCCCC. The molecule has 0 aliphatic rings. The van der Waals surface area contributed by atoms with Gasteiger partial charge in [0.1, 0.15) is 13.2 Å². The molecule has 1 atom stereocenters. The van der Waals surface area contributed by atoms with Gasteiger partial charge in [-0.1, -0.05) is 305 Å². The molecule has 0 aromatic heterocycles. The standard InChI is InChI=1S/C71H124O6/c1-4-7-10-13-16-19-22-25-27-29-31-33-34-35-36-38-39-41-43-46-49-52-55-58-61-64-70(73)76-67-68(66-75-69(72)63-60-57-54-51-48-45-24-21-18-15-12-9-6-3)77-71(74)65-62-59-56-53-50-47-44-42-40-37-32-30-28-26-23-20-17-14-11-8-5-2/h8-9,11-12,17-18,20-21,26,28,32,37,45,48,68H,4-7,10,13-16,19,22-25,27,29-31,33-36,38-44,46-47,49-67H2,1-3H3/b11-8-,12-9-,20-17-,21-18-,28-26-,37-32-,48-45-. The van der Waals surface area contributed by atoms with Crippen LogP contribution in [0, 0.1) is 0 Å². The number of carbonyl (C=O) groups excluding carboxylic acids is 3. The fraction of sp³-hybridized carbons (Fsp3) is 0.761. The number of hydrogen-bond donors (Lipinski definition) is 0. The van der Waals surface area contributed by atoms with E-state index >= 15 is 0 Å². The minimum atomic E-state index is -0.794. The second-order valence-electron chi connectivity index (χ2n) is 22.0. The zero-order valence-corrected chi connectivity index (χ0v) is 51.0. The largest absolute Gasteiger partial charge is 0.462 e.